The Morgan fingerprint density at radius 1 is 1.32 bits per heavy atom. The summed E-state index contributed by atoms with van der Waals surface area (Å²) in [7, 11) is 1.61. The number of aromatic carboxylic acids is 1. The zero-order chi connectivity index (χ0) is 18.1. The van der Waals surface area contributed by atoms with Crippen LogP contribution in [0.4, 0.5) is 4.39 Å². The summed E-state index contributed by atoms with van der Waals surface area (Å²) in [6, 6.07) is 5.79. The number of rotatable bonds is 5. The number of aryl methyl sites for hydroxylation is 1. The highest BCUT2D eigenvalue weighted by Crippen LogP contribution is 2.21. The molecule has 3 aromatic rings. The Balaban J connectivity index is 1.73. The quantitative estimate of drug-likeness (QED) is 0.744. The monoisotopic (exact) mass is 344 g/mol. The molecular formula is C18H17FN2O4. The van der Waals surface area contributed by atoms with E-state index in [1.807, 2.05) is 0 Å². The molecule has 0 saturated heterocycles. The zero-order valence-electron chi connectivity index (χ0n) is 13.8. The Hall–Kier alpha value is -3.09. The number of hydrogen-bond acceptors (Lipinski definition) is 3. The van der Waals surface area contributed by atoms with Gasteiger partial charge in [0.05, 0.1) is 13.0 Å². The highest BCUT2D eigenvalue weighted by atomic mass is 19.1. The normalized spacial score (nSPS) is 11.0. The molecule has 7 heteroatoms. The molecule has 0 fully saturated rings. The number of carbonyl (C=O) groups excluding carboxylic acids is 1. The first-order chi connectivity index (χ1) is 11.8. The molecule has 25 heavy (non-hydrogen) atoms. The van der Waals surface area contributed by atoms with E-state index in [1.54, 1.807) is 26.2 Å². The molecule has 0 aliphatic rings. The van der Waals surface area contributed by atoms with Crippen molar-refractivity contribution in [3.05, 3.63) is 58.9 Å². The van der Waals surface area contributed by atoms with Crippen LogP contribution in [0.3, 0.4) is 0 Å². The fourth-order valence-corrected chi connectivity index (χ4v) is 2.75. The summed E-state index contributed by atoms with van der Waals surface area (Å²) < 4.78 is 18.8. The van der Waals surface area contributed by atoms with Gasteiger partial charge in [0.25, 0.3) is 0 Å². The lowest BCUT2D eigenvalue weighted by atomic mass is 10.1. The van der Waals surface area contributed by atoms with Gasteiger partial charge in [-0.25, -0.2) is 9.18 Å². The van der Waals surface area contributed by atoms with Gasteiger partial charge in [0.1, 0.15) is 22.9 Å². The number of halogens is 1. The van der Waals surface area contributed by atoms with Crippen molar-refractivity contribution in [2.75, 3.05) is 7.05 Å². The van der Waals surface area contributed by atoms with Gasteiger partial charge in [-0.05, 0) is 36.8 Å². The standard InChI is InChI=1S/C18H17FN2O4/c1-10-14(18(23)24)7-13(25-10)9-21(2)17(22)5-11-8-20-16-4-3-12(19)6-15(11)16/h3-4,6-8,20H,5,9H2,1-2H3,(H,23,24). The van der Waals surface area contributed by atoms with E-state index in [4.69, 9.17) is 9.52 Å². The van der Waals surface area contributed by atoms with Crippen molar-refractivity contribution < 1.29 is 23.5 Å². The summed E-state index contributed by atoms with van der Waals surface area (Å²) in [4.78, 5) is 27.9. The molecule has 0 saturated carbocycles. The summed E-state index contributed by atoms with van der Waals surface area (Å²) in [5.74, 6) is -0.911. The number of amides is 1. The van der Waals surface area contributed by atoms with Gasteiger partial charge < -0.3 is 19.4 Å². The molecular weight excluding hydrogens is 327 g/mol. The molecule has 6 nitrogen and oxygen atoms in total. The molecule has 0 bridgehead atoms. The summed E-state index contributed by atoms with van der Waals surface area (Å²) in [5.41, 5.74) is 1.55. The Labute approximate surface area is 142 Å². The van der Waals surface area contributed by atoms with Crippen LogP contribution in [0.15, 0.2) is 34.9 Å². The van der Waals surface area contributed by atoms with Crippen LogP contribution in [0.2, 0.25) is 0 Å². The van der Waals surface area contributed by atoms with Gasteiger partial charge in [0.2, 0.25) is 5.91 Å². The Kier molecular flexibility index (Phi) is 4.31. The van der Waals surface area contributed by atoms with E-state index < -0.39 is 5.97 Å². The molecule has 2 N–H and O–H groups in total. The third kappa shape index (κ3) is 3.40. The minimum atomic E-state index is -1.07. The number of carboxylic acid groups (broad SMARTS) is 1. The van der Waals surface area contributed by atoms with Gasteiger partial charge in [-0.1, -0.05) is 0 Å². The number of H-pyrrole nitrogens is 1. The second kappa shape index (κ2) is 6.43. The van der Waals surface area contributed by atoms with Crippen molar-refractivity contribution in [2.24, 2.45) is 0 Å². The largest absolute Gasteiger partial charge is 0.478 e. The predicted molar refractivity (Wildman–Crippen MR) is 88.8 cm³/mol. The summed E-state index contributed by atoms with van der Waals surface area (Å²) in [6.45, 7) is 1.72. The van der Waals surface area contributed by atoms with Gasteiger partial charge >= 0.3 is 5.97 Å². The lowest BCUT2D eigenvalue weighted by molar-refractivity contribution is -0.129. The fourth-order valence-electron chi connectivity index (χ4n) is 2.75. The van der Waals surface area contributed by atoms with Crippen LogP contribution in [0.1, 0.15) is 27.4 Å². The average molecular weight is 344 g/mol. The second-order valence-corrected chi connectivity index (χ2v) is 5.92. The number of carboxylic acids is 1. The van der Waals surface area contributed by atoms with Crippen molar-refractivity contribution in [3.8, 4) is 0 Å². The maximum Gasteiger partial charge on any atom is 0.339 e. The van der Waals surface area contributed by atoms with Crippen molar-refractivity contribution in [1.29, 1.82) is 0 Å². The van der Waals surface area contributed by atoms with Crippen molar-refractivity contribution >= 4 is 22.8 Å². The number of likely N-dealkylation sites (N-methyl/N-ethyl adjacent to an activating group) is 1. The zero-order valence-corrected chi connectivity index (χ0v) is 13.8. The van der Waals surface area contributed by atoms with E-state index in [2.05, 4.69) is 4.98 Å². The van der Waals surface area contributed by atoms with E-state index in [0.717, 1.165) is 5.52 Å². The molecule has 0 radical (unpaired) electrons. The van der Waals surface area contributed by atoms with E-state index in [0.29, 0.717) is 22.5 Å². The minimum absolute atomic E-state index is 0.0861. The maximum absolute atomic E-state index is 13.4. The number of nitrogens with one attached hydrogen (secondary N) is 1. The van der Waals surface area contributed by atoms with Crippen molar-refractivity contribution in [2.45, 2.75) is 19.9 Å². The molecule has 0 aliphatic carbocycles. The van der Waals surface area contributed by atoms with Gasteiger partial charge in [-0.15, -0.1) is 0 Å². The molecule has 0 spiro atoms. The van der Waals surface area contributed by atoms with Crippen molar-refractivity contribution in [1.82, 2.24) is 9.88 Å². The molecule has 0 aliphatic heterocycles. The summed E-state index contributed by atoms with van der Waals surface area (Å²) in [5, 5.41) is 9.71. The molecule has 0 atom stereocenters. The van der Waals surface area contributed by atoms with Gasteiger partial charge in [0.15, 0.2) is 0 Å². The Morgan fingerprint density at radius 3 is 2.76 bits per heavy atom. The average Bonchev–Trinajstić information content (AvgIpc) is 3.11. The first-order valence-corrected chi connectivity index (χ1v) is 7.67. The number of nitrogens with zero attached hydrogens (tertiary/aromatic N) is 1. The molecule has 2 aromatic heterocycles. The first kappa shape index (κ1) is 16.8. The van der Waals surface area contributed by atoms with Crippen LogP contribution in [0.5, 0.6) is 0 Å². The number of furan rings is 1. The Bertz CT molecular complexity index is 957. The van der Waals surface area contributed by atoms with Crippen LogP contribution < -0.4 is 0 Å². The maximum atomic E-state index is 13.4. The van der Waals surface area contributed by atoms with E-state index in [9.17, 15) is 14.0 Å². The lowest BCUT2D eigenvalue weighted by Gasteiger charge is -2.15. The molecule has 0 unspecified atom stereocenters. The SMILES string of the molecule is Cc1oc(CN(C)C(=O)Cc2c[nH]c3ccc(F)cc23)cc1C(=O)O. The molecule has 3 rings (SSSR count). The van der Waals surface area contributed by atoms with Gasteiger partial charge in [-0.3, -0.25) is 4.79 Å². The van der Waals surface area contributed by atoms with E-state index >= 15 is 0 Å². The third-order valence-corrected chi connectivity index (χ3v) is 4.09. The van der Waals surface area contributed by atoms with E-state index in [-0.39, 0.29) is 30.3 Å². The van der Waals surface area contributed by atoms with Crippen LogP contribution in [0.25, 0.3) is 10.9 Å². The highest BCUT2D eigenvalue weighted by Gasteiger charge is 2.18. The summed E-state index contributed by atoms with van der Waals surface area (Å²) >= 11 is 0. The number of fused-ring (bicyclic) bond motifs is 1. The van der Waals surface area contributed by atoms with Crippen LogP contribution >= 0.6 is 0 Å². The Morgan fingerprint density at radius 2 is 2.08 bits per heavy atom. The topological polar surface area (TPSA) is 86.5 Å². The summed E-state index contributed by atoms with van der Waals surface area (Å²) in [6.07, 6.45) is 1.79. The van der Waals surface area contributed by atoms with E-state index in [1.165, 1.54) is 23.1 Å². The van der Waals surface area contributed by atoms with Crippen molar-refractivity contribution in [3.63, 3.8) is 0 Å². The third-order valence-electron chi connectivity index (χ3n) is 4.09. The minimum Gasteiger partial charge on any atom is -0.478 e. The second-order valence-electron chi connectivity index (χ2n) is 5.92. The lowest BCUT2D eigenvalue weighted by Crippen LogP contribution is -2.27. The number of carbonyl (C=O) groups is 2. The van der Waals surface area contributed by atoms with Gasteiger partial charge in [-0.2, -0.15) is 0 Å². The number of aromatic nitrogens is 1. The predicted octanol–water partition coefficient (Wildman–Crippen LogP) is 3.11. The molecule has 1 amide bonds. The van der Waals surface area contributed by atoms with Crippen LogP contribution in [0, 0.1) is 12.7 Å². The molecule has 2 heterocycles. The number of benzene rings is 1. The fraction of sp³-hybridized carbons (Fsp3) is 0.222. The first-order valence-electron chi connectivity index (χ1n) is 7.67. The smallest absolute Gasteiger partial charge is 0.339 e. The molecule has 130 valence electrons. The number of aromatic amines is 1. The van der Waals surface area contributed by atoms with Gasteiger partial charge in [0, 0.05) is 24.1 Å². The number of hydrogen-bond donors (Lipinski definition) is 2. The van der Waals surface area contributed by atoms with Crippen LogP contribution in [-0.2, 0) is 17.8 Å². The van der Waals surface area contributed by atoms with Crippen LogP contribution in [-0.4, -0.2) is 33.9 Å². The molecule has 1 aromatic carbocycles. The highest BCUT2D eigenvalue weighted by molar-refractivity contribution is 5.89.